The molecule has 0 saturated carbocycles. The van der Waals surface area contributed by atoms with Crippen LogP contribution in [0.5, 0.6) is 0 Å². The largest absolute Gasteiger partial charge is 0.330 e. The number of aryl methyl sites for hydroxylation is 1. The van der Waals surface area contributed by atoms with Gasteiger partial charge in [-0.1, -0.05) is 19.1 Å². The molecule has 3 nitrogen and oxygen atoms in total. The van der Waals surface area contributed by atoms with Gasteiger partial charge in [-0.3, -0.25) is 4.79 Å². The van der Waals surface area contributed by atoms with Crippen LogP contribution in [0.2, 0.25) is 0 Å². The smallest absolute Gasteiger partial charge is 0.227 e. The Kier molecular flexibility index (Phi) is 5.10. The van der Waals surface area contributed by atoms with Crippen LogP contribution in [0.4, 0.5) is 10.1 Å². The Morgan fingerprint density at radius 1 is 1.53 bits per heavy atom. The molecule has 0 heterocycles. The van der Waals surface area contributed by atoms with Crippen molar-refractivity contribution in [1.29, 1.82) is 0 Å². The van der Waals surface area contributed by atoms with Gasteiger partial charge in [-0.25, -0.2) is 4.39 Å². The summed E-state index contributed by atoms with van der Waals surface area (Å²) >= 11 is 0. The van der Waals surface area contributed by atoms with E-state index >= 15 is 0 Å². The molecule has 0 aromatic heterocycles. The van der Waals surface area contributed by atoms with Gasteiger partial charge in [0.2, 0.25) is 5.91 Å². The molecule has 0 aliphatic rings. The fraction of sp³-hybridized carbons (Fsp3) is 0.462. The van der Waals surface area contributed by atoms with Crippen LogP contribution in [0, 0.1) is 18.7 Å². The molecule has 3 N–H and O–H groups in total. The third-order valence-corrected chi connectivity index (χ3v) is 2.76. The van der Waals surface area contributed by atoms with E-state index in [1.807, 2.05) is 6.92 Å². The summed E-state index contributed by atoms with van der Waals surface area (Å²) in [5.74, 6) is -0.714. The van der Waals surface area contributed by atoms with Gasteiger partial charge in [0.1, 0.15) is 5.82 Å². The molecule has 1 rings (SSSR count). The van der Waals surface area contributed by atoms with Gasteiger partial charge < -0.3 is 11.1 Å². The molecule has 1 atom stereocenters. The van der Waals surface area contributed by atoms with E-state index in [9.17, 15) is 9.18 Å². The summed E-state index contributed by atoms with van der Waals surface area (Å²) in [5, 5.41) is 2.63. The SMILES string of the molecule is Cc1cccc(F)c1NC(=O)C(C)CCCN. The molecule has 0 fully saturated rings. The lowest BCUT2D eigenvalue weighted by molar-refractivity contribution is -0.119. The standard InChI is InChI=1S/C13H19FN2O/c1-9-5-3-7-11(14)12(9)16-13(17)10(2)6-4-8-15/h3,5,7,10H,4,6,8,15H2,1-2H3,(H,16,17). The van der Waals surface area contributed by atoms with E-state index in [0.29, 0.717) is 6.54 Å². The van der Waals surface area contributed by atoms with Crippen molar-refractivity contribution < 1.29 is 9.18 Å². The monoisotopic (exact) mass is 238 g/mol. The molecule has 1 unspecified atom stereocenters. The lowest BCUT2D eigenvalue weighted by Crippen LogP contribution is -2.22. The molecule has 1 aromatic carbocycles. The number of nitrogens with one attached hydrogen (secondary N) is 1. The Morgan fingerprint density at radius 2 is 2.24 bits per heavy atom. The first-order valence-corrected chi connectivity index (χ1v) is 5.82. The van der Waals surface area contributed by atoms with Crippen molar-refractivity contribution in [2.75, 3.05) is 11.9 Å². The zero-order valence-electron chi connectivity index (χ0n) is 10.3. The number of halogens is 1. The Morgan fingerprint density at radius 3 is 2.82 bits per heavy atom. The van der Waals surface area contributed by atoms with Gasteiger partial charge >= 0.3 is 0 Å². The van der Waals surface area contributed by atoms with Crippen LogP contribution < -0.4 is 11.1 Å². The average Bonchev–Trinajstić information content (AvgIpc) is 2.30. The number of benzene rings is 1. The van der Waals surface area contributed by atoms with E-state index in [1.54, 1.807) is 19.1 Å². The first-order valence-electron chi connectivity index (χ1n) is 5.82. The second kappa shape index (κ2) is 6.35. The van der Waals surface area contributed by atoms with Gasteiger partial charge in [-0.2, -0.15) is 0 Å². The molecule has 0 radical (unpaired) electrons. The molecule has 1 aromatic rings. The molecular weight excluding hydrogens is 219 g/mol. The number of amides is 1. The summed E-state index contributed by atoms with van der Waals surface area (Å²) in [6.07, 6.45) is 1.51. The predicted octanol–water partition coefficient (Wildman–Crippen LogP) is 2.45. The second-order valence-electron chi connectivity index (χ2n) is 4.25. The molecule has 94 valence electrons. The minimum absolute atomic E-state index is 0.155. The van der Waals surface area contributed by atoms with Crippen LogP contribution in [0.1, 0.15) is 25.3 Å². The third-order valence-electron chi connectivity index (χ3n) is 2.76. The minimum Gasteiger partial charge on any atom is -0.330 e. The van der Waals surface area contributed by atoms with Crippen molar-refractivity contribution in [2.24, 2.45) is 11.7 Å². The van der Waals surface area contributed by atoms with E-state index in [-0.39, 0.29) is 17.5 Å². The number of para-hydroxylation sites is 1. The maximum atomic E-state index is 13.5. The number of rotatable bonds is 5. The summed E-state index contributed by atoms with van der Waals surface area (Å²) < 4.78 is 13.5. The number of anilines is 1. The first-order chi connectivity index (χ1) is 8.06. The fourth-order valence-corrected chi connectivity index (χ4v) is 1.59. The molecule has 0 aliphatic heterocycles. The third kappa shape index (κ3) is 3.82. The average molecular weight is 238 g/mol. The van der Waals surface area contributed by atoms with Gasteiger partial charge in [0.15, 0.2) is 0 Å². The molecule has 1 amide bonds. The normalized spacial score (nSPS) is 12.2. The summed E-state index contributed by atoms with van der Waals surface area (Å²) in [6, 6.07) is 4.73. The van der Waals surface area contributed by atoms with Crippen molar-refractivity contribution in [3.8, 4) is 0 Å². The first kappa shape index (κ1) is 13.6. The van der Waals surface area contributed by atoms with Crippen LogP contribution in [-0.4, -0.2) is 12.5 Å². The quantitative estimate of drug-likeness (QED) is 0.827. The van der Waals surface area contributed by atoms with Gasteiger partial charge in [0, 0.05) is 5.92 Å². The zero-order valence-corrected chi connectivity index (χ0v) is 10.3. The zero-order chi connectivity index (χ0) is 12.8. The van der Waals surface area contributed by atoms with Gasteiger partial charge in [-0.05, 0) is 37.9 Å². The number of carbonyl (C=O) groups excluding carboxylic acids is 1. The van der Waals surface area contributed by atoms with E-state index in [0.717, 1.165) is 18.4 Å². The number of hydrogen-bond acceptors (Lipinski definition) is 2. The lowest BCUT2D eigenvalue weighted by atomic mass is 10.0. The van der Waals surface area contributed by atoms with E-state index in [4.69, 9.17) is 5.73 Å². The van der Waals surface area contributed by atoms with E-state index in [1.165, 1.54) is 6.07 Å². The summed E-state index contributed by atoms with van der Waals surface area (Å²) in [4.78, 5) is 11.8. The molecule has 0 aliphatic carbocycles. The minimum atomic E-state index is -0.399. The van der Waals surface area contributed by atoms with Crippen molar-refractivity contribution in [2.45, 2.75) is 26.7 Å². The van der Waals surface area contributed by atoms with Gasteiger partial charge in [0.25, 0.3) is 0 Å². The number of nitrogens with two attached hydrogens (primary N) is 1. The number of hydrogen-bond donors (Lipinski definition) is 2. The van der Waals surface area contributed by atoms with Crippen molar-refractivity contribution in [3.63, 3.8) is 0 Å². The Labute approximate surface area is 101 Å². The van der Waals surface area contributed by atoms with Gasteiger partial charge in [0.05, 0.1) is 5.69 Å². The molecule has 17 heavy (non-hydrogen) atoms. The highest BCUT2D eigenvalue weighted by molar-refractivity contribution is 5.93. The predicted molar refractivity (Wildman–Crippen MR) is 67.2 cm³/mol. The van der Waals surface area contributed by atoms with Crippen LogP contribution in [-0.2, 0) is 4.79 Å². The fourth-order valence-electron chi connectivity index (χ4n) is 1.59. The van der Waals surface area contributed by atoms with Crippen molar-refractivity contribution in [3.05, 3.63) is 29.6 Å². The molecule has 0 bridgehead atoms. The van der Waals surface area contributed by atoms with Crippen molar-refractivity contribution in [1.82, 2.24) is 0 Å². The van der Waals surface area contributed by atoms with Gasteiger partial charge in [-0.15, -0.1) is 0 Å². The highest BCUT2D eigenvalue weighted by Crippen LogP contribution is 2.20. The van der Waals surface area contributed by atoms with Crippen LogP contribution >= 0.6 is 0 Å². The van der Waals surface area contributed by atoms with Crippen LogP contribution in [0.3, 0.4) is 0 Å². The maximum absolute atomic E-state index is 13.5. The highest BCUT2D eigenvalue weighted by Gasteiger charge is 2.15. The molecule has 4 heteroatoms. The lowest BCUT2D eigenvalue weighted by Gasteiger charge is -2.13. The second-order valence-corrected chi connectivity index (χ2v) is 4.25. The van der Waals surface area contributed by atoms with Crippen LogP contribution in [0.25, 0.3) is 0 Å². The molecular formula is C13H19FN2O. The Bertz CT molecular complexity index is 373. The number of carbonyl (C=O) groups is 1. The summed E-state index contributed by atoms with van der Waals surface area (Å²) in [5.41, 5.74) is 6.39. The Hall–Kier alpha value is -1.42. The summed E-state index contributed by atoms with van der Waals surface area (Å²) in [7, 11) is 0. The van der Waals surface area contributed by atoms with Crippen LogP contribution in [0.15, 0.2) is 18.2 Å². The maximum Gasteiger partial charge on any atom is 0.227 e. The molecule has 0 spiro atoms. The molecule has 0 saturated heterocycles. The Balaban J connectivity index is 2.68. The van der Waals surface area contributed by atoms with Crippen molar-refractivity contribution >= 4 is 11.6 Å². The summed E-state index contributed by atoms with van der Waals surface area (Å²) in [6.45, 7) is 4.15. The van der Waals surface area contributed by atoms with E-state index < -0.39 is 5.82 Å². The highest BCUT2D eigenvalue weighted by atomic mass is 19.1. The van der Waals surface area contributed by atoms with E-state index in [2.05, 4.69) is 5.32 Å². The topological polar surface area (TPSA) is 55.1 Å².